The number of rotatable bonds is 8. The number of nitrogens with one attached hydrogen (secondary N) is 1. The average molecular weight is 383 g/mol. The molecule has 1 aliphatic rings. The Morgan fingerprint density at radius 2 is 2.04 bits per heavy atom. The van der Waals surface area contributed by atoms with Crippen molar-refractivity contribution in [2.75, 3.05) is 33.2 Å². The minimum absolute atomic E-state index is 0.00403. The van der Waals surface area contributed by atoms with E-state index in [1.54, 1.807) is 16.6 Å². The number of benzene rings is 1. The van der Waals surface area contributed by atoms with Crippen molar-refractivity contribution in [3.05, 3.63) is 53.9 Å². The van der Waals surface area contributed by atoms with Gasteiger partial charge in [-0.2, -0.15) is 5.10 Å². The van der Waals surface area contributed by atoms with Gasteiger partial charge < -0.3 is 10.2 Å². The highest BCUT2D eigenvalue weighted by Gasteiger charge is 2.32. The zero-order valence-electron chi connectivity index (χ0n) is 16.7. The smallest absolute Gasteiger partial charge is 0.237 e. The van der Waals surface area contributed by atoms with E-state index in [4.69, 9.17) is 0 Å². The van der Waals surface area contributed by atoms with Crippen molar-refractivity contribution in [3.8, 4) is 0 Å². The average Bonchev–Trinajstić information content (AvgIpc) is 3.12. The normalized spacial score (nSPS) is 17.4. The molecule has 2 heterocycles. The maximum Gasteiger partial charge on any atom is 0.237 e. The summed E-state index contributed by atoms with van der Waals surface area (Å²) >= 11 is 0. The van der Waals surface area contributed by atoms with Gasteiger partial charge in [0.2, 0.25) is 11.8 Å². The molecule has 0 aliphatic carbocycles. The first kappa shape index (κ1) is 20.1. The molecule has 1 saturated heterocycles. The Bertz CT molecular complexity index is 789. The number of hydrogen-bond donors (Lipinski definition) is 1. The topological polar surface area (TPSA) is 70.5 Å². The summed E-state index contributed by atoms with van der Waals surface area (Å²) in [6, 6.07) is 9.84. The lowest BCUT2D eigenvalue weighted by Gasteiger charge is -2.35. The van der Waals surface area contributed by atoms with E-state index in [1.165, 1.54) is 5.56 Å². The fraction of sp³-hybridized carbons (Fsp3) is 0.476. The third-order valence-corrected chi connectivity index (χ3v) is 5.26. The number of amides is 2. The fourth-order valence-electron chi connectivity index (χ4n) is 3.51. The fourth-order valence-corrected chi connectivity index (χ4v) is 3.51. The molecule has 3 rings (SSSR count). The van der Waals surface area contributed by atoms with Crippen LogP contribution in [-0.2, 0) is 29.5 Å². The van der Waals surface area contributed by atoms with E-state index in [0.29, 0.717) is 13.1 Å². The summed E-state index contributed by atoms with van der Waals surface area (Å²) in [5.74, 6) is -0.0519. The van der Waals surface area contributed by atoms with Gasteiger partial charge in [0.05, 0.1) is 18.7 Å². The van der Waals surface area contributed by atoms with Crippen molar-refractivity contribution in [1.82, 2.24) is 24.9 Å². The number of aromatic nitrogens is 2. The van der Waals surface area contributed by atoms with Gasteiger partial charge in [-0.15, -0.1) is 0 Å². The third kappa shape index (κ3) is 5.42. The van der Waals surface area contributed by atoms with Crippen LogP contribution in [0.25, 0.3) is 0 Å². The van der Waals surface area contributed by atoms with Crippen LogP contribution in [0.4, 0.5) is 0 Å². The molecule has 7 heteroatoms. The van der Waals surface area contributed by atoms with Gasteiger partial charge in [0, 0.05) is 46.5 Å². The van der Waals surface area contributed by atoms with Crippen LogP contribution in [0.5, 0.6) is 0 Å². The molecule has 0 spiro atoms. The maximum atomic E-state index is 12.7. The molecule has 28 heavy (non-hydrogen) atoms. The van der Waals surface area contributed by atoms with Gasteiger partial charge in [-0.25, -0.2) is 0 Å². The molecule has 1 aromatic carbocycles. The first-order valence-corrected chi connectivity index (χ1v) is 9.80. The lowest BCUT2D eigenvalue weighted by molar-refractivity contribution is -0.138. The van der Waals surface area contributed by atoms with E-state index in [9.17, 15) is 9.59 Å². The summed E-state index contributed by atoms with van der Waals surface area (Å²) < 4.78 is 1.76. The zero-order valence-corrected chi connectivity index (χ0v) is 16.7. The number of hydrogen-bond acceptors (Lipinski definition) is 4. The molecule has 2 aromatic rings. The highest BCUT2D eigenvalue weighted by atomic mass is 16.2. The van der Waals surface area contributed by atoms with Crippen LogP contribution in [0.2, 0.25) is 0 Å². The molecule has 0 saturated carbocycles. The van der Waals surface area contributed by atoms with E-state index < -0.39 is 6.04 Å². The molecule has 1 aromatic heterocycles. The van der Waals surface area contributed by atoms with Crippen LogP contribution in [-0.4, -0.2) is 70.7 Å². The van der Waals surface area contributed by atoms with Crippen LogP contribution in [0.15, 0.2) is 42.7 Å². The van der Waals surface area contributed by atoms with Crippen molar-refractivity contribution >= 4 is 11.8 Å². The number of piperazine rings is 1. The third-order valence-electron chi connectivity index (χ3n) is 5.26. The monoisotopic (exact) mass is 383 g/mol. The second-order valence-electron chi connectivity index (χ2n) is 7.37. The van der Waals surface area contributed by atoms with E-state index in [2.05, 4.69) is 27.4 Å². The molecule has 2 amide bonds. The Balaban J connectivity index is 1.53. The number of aryl methyl sites for hydroxylation is 1. The van der Waals surface area contributed by atoms with Crippen LogP contribution in [0.1, 0.15) is 17.5 Å². The molecule has 1 fully saturated rings. The standard InChI is InChI=1S/C21H29N5O2/c1-24(11-8-18-15-23-25(2)16-18)20(27)14-19-21(28)22-10-13-26(19)12-9-17-6-4-3-5-7-17/h3-7,15-16,19H,8-14H2,1-2H3,(H,22,28)/t19-/m0/s1. The predicted octanol–water partition coefficient (Wildman–Crippen LogP) is 0.854. The van der Waals surface area contributed by atoms with Crippen molar-refractivity contribution in [2.24, 2.45) is 7.05 Å². The Morgan fingerprint density at radius 3 is 2.75 bits per heavy atom. The lowest BCUT2D eigenvalue weighted by atomic mass is 10.1. The van der Waals surface area contributed by atoms with Crippen LogP contribution in [0.3, 0.4) is 0 Å². The van der Waals surface area contributed by atoms with Gasteiger partial charge in [-0.1, -0.05) is 30.3 Å². The van der Waals surface area contributed by atoms with Gasteiger partial charge in [-0.05, 0) is 24.0 Å². The quantitative estimate of drug-likeness (QED) is 0.734. The molecular formula is C21H29N5O2. The van der Waals surface area contributed by atoms with Crippen LogP contribution in [0, 0.1) is 0 Å². The van der Waals surface area contributed by atoms with Gasteiger partial charge in [-0.3, -0.25) is 19.2 Å². The molecule has 1 atom stereocenters. The van der Waals surface area contributed by atoms with Gasteiger partial charge >= 0.3 is 0 Å². The van der Waals surface area contributed by atoms with Crippen LogP contribution < -0.4 is 5.32 Å². The summed E-state index contributed by atoms with van der Waals surface area (Å²) in [6.07, 6.45) is 5.61. The Labute approximate surface area is 166 Å². The number of carbonyl (C=O) groups excluding carboxylic acids is 2. The Kier molecular flexibility index (Phi) is 6.81. The first-order valence-electron chi connectivity index (χ1n) is 9.80. The number of carbonyl (C=O) groups is 2. The molecule has 150 valence electrons. The maximum absolute atomic E-state index is 12.7. The summed E-state index contributed by atoms with van der Waals surface area (Å²) in [4.78, 5) is 29.0. The second-order valence-corrected chi connectivity index (χ2v) is 7.37. The zero-order chi connectivity index (χ0) is 19.9. The molecular weight excluding hydrogens is 354 g/mol. The molecule has 1 aliphatic heterocycles. The highest BCUT2D eigenvalue weighted by molar-refractivity contribution is 5.88. The van der Waals surface area contributed by atoms with Crippen LogP contribution >= 0.6 is 0 Å². The summed E-state index contributed by atoms with van der Waals surface area (Å²) in [5, 5.41) is 7.05. The first-order chi connectivity index (χ1) is 13.5. The predicted molar refractivity (Wildman–Crippen MR) is 108 cm³/mol. The van der Waals surface area contributed by atoms with E-state index in [0.717, 1.165) is 31.5 Å². The van der Waals surface area contributed by atoms with E-state index in [-0.39, 0.29) is 18.2 Å². The van der Waals surface area contributed by atoms with E-state index in [1.807, 2.05) is 37.6 Å². The lowest BCUT2D eigenvalue weighted by Crippen LogP contribution is -2.57. The molecule has 7 nitrogen and oxygen atoms in total. The molecule has 0 radical (unpaired) electrons. The molecule has 1 N–H and O–H groups in total. The highest BCUT2D eigenvalue weighted by Crippen LogP contribution is 2.13. The van der Waals surface area contributed by atoms with Crippen molar-refractivity contribution in [2.45, 2.75) is 25.3 Å². The minimum Gasteiger partial charge on any atom is -0.353 e. The van der Waals surface area contributed by atoms with E-state index >= 15 is 0 Å². The van der Waals surface area contributed by atoms with Crippen molar-refractivity contribution < 1.29 is 9.59 Å². The summed E-state index contributed by atoms with van der Waals surface area (Å²) in [6.45, 7) is 2.79. The largest absolute Gasteiger partial charge is 0.353 e. The van der Waals surface area contributed by atoms with Gasteiger partial charge in [0.15, 0.2) is 0 Å². The van der Waals surface area contributed by atoms with Crippen molar-refractivity contribution in [1.29, 1.82) is 0 Å². The summed E-state index contributed by atoms with van der Waals surface area (Å²) in [5.41, 5.74) is 2.34. The van der Waals surface area contributed by atoms with Gasteiger partial charge in [0.25, 0.3) is 0 Å². The van der Waals surface area contributed by atoms with Crippen molar-refractivity contribution in [3.63, 3.8) is 0 Å². The van der Waals surface area contributed by atoms with Gasteiger partial charge in [0.1, 0.15) is 0 Å². The second kappa shape index (κ2) is 9.50. The Hall–Kier alpha value is -2.67. The molecule has 0 bridgehead atoms. The Morgan fingerprint density at radius 1 is 1.25 bits per heavy atom. The molecule has 0 unspecified atom stereocenters. The minimum atomic E-state index is -0.397. The number of likely N-dealkylation sites (N-methyl/N-ethyl adjacent to an activating group) is 1. The SMILES string of the molecule is CN(CCc1cnn(C)c1)C(=O)C[C@H]1C(=O)NCCN1CCc1ccccc1. The summed E-state index contributed by atoms with van der Waals surface area (Å²) in [7, 11) is 3.68. The number of nitrogens with zero attached hydrogens (tertiary/aromatic N) is 4.